The zero-order chi connectivity index (χ0) is 10.6. The van der Waals surface area contributed by atoms with Crippen molar-refractivity contribution >= 4 is 11.5 Å². The third-order valence-corrected chi connectivity index (χ3v) is 2.14. The molecule has 1 aromatic rings. The molecule has 5 heteroatoms. The van der Waals surface area contributed by atoms with Crippen LogP contribution in [-0.2, 0) is 0 Å². The van der Waals surface area contributed by atoms with Gasteiger partial charge in [-0.3, -0.25) is 0 Å². The molecule has 4 N–H and O–H groups in total. The quantitative estimate of drug-likeness (QED) is 0.657. The van der Waals surface area contributed by atoms with Crippen LogP contribution in [0.3, 0.4) is 0 Å². The fourth-order valence-electron chi connectivity index (χ4n) is 0.887. The maximum atomic E-state index is 9.73. The Morgan fingerprint density at radius 3 is 2.93 bits per heavy atom. The minimum Gasteiger partial charge on any atom is -0.394 e. The molecule has 14 heavy (non-hydrogen) atoms. The monoisotopic (exact) mass is 196 g/mol. The third-order valence-electron chi connectivity index (χ3n) is 2.14. The van der Waals surface area contributed by atoms with Crippen LogP contribution in [0.5, 0.6) is 0 Å². The lowest BCUT2D eigenvalue weighted by molar-refractivity contribution is 0.0697. The molecule has 0 amide bonds. The van der Waals surface area contributed by atoms with Crippen LogP contribution in [0.4, 0.5) is 11.5 Å². The minimum absolute atomic E-state index is 0.421. The standard InChI is InChI=1S/C9H16N4O/c1-3-9(2,14)5-12-8-7(10)4-11-6-13-8/h4,6,14H,3,5,10H2,1-2H3,(H,11,12,13). The summed E-state index contributed by atoms with van der Waals surface area (Å²) in [7, 11) is 0. The first kappa shape index (κ1) is 10.7. The molecule has 0 radical (unpaired) electrons. The predicted molar refractivity (Wildman–Crippen MR) is 55.8 cm³/mol. The summed E-state index contributed by atoms with van der Waals surface area (Å²) in [6.07, 6.45) is 3.61. The minimum atomic E-state index is -0.739. The Morgan fingerprint density at radius 2 is 2.36 bits per heavy atom. The van der Waals surface area contributed by atoms with E-state index in [2.05, 4.69) is 15.3 Å². The van der Waals surface area contributed by atoms with Crippen LogP contribution in [0.15, 0.2) is 12.5 Å². The van der Waals surface area contributed by atoms with E-state index in [-0.39, 0.29) is 0 Å². The number of nitrogens with one attached hydrogen (secondary N) is 1. The number of hydrogen-bond acceptors (Lipinski definition) is 5. The molecule has 0 aliphatic heterocycles. The number of nitrogens with two attached hydrogens (primary N) is 1. The fourth-order valence-corrected chi connectivity index (χ4v) is 0.887. The van der Waals surface area contributed by atoms with Crippen molar-refractivity contribution in [2.45, 2.75) is 25.9 Å². The van der Waals surface area contributed by atoms with Crippen LogP contribution in [0, 0.1) is 0 Å². The highest BCUT2D eigenvalue weighted by Gasteiger charge is 2.17. The first-order valence-corrected chi connectivity index (χ1v) is 4.57. The molecular formula is C9H16N4O. The van der Waals surface area contributed by atoms with E-state index in [0.29, 0.717) is 24.5 Å². The first-order chi connectivity index (χ1) is 6.55. The number of aromatic nitrogens is 2. The molecule has 0 saturated heterocycles. The van der Waals surface area contributed by atoms with Crippen molar-refractivity contribution in [1.29, 1.82) is 0 Å². The Balaban J connectivity index is 2.58. The molecule has 1 unspecified atom stereocenters. The maximum absolute atomic E-state index is 9.73. The normalized spacial score (nSPS) is 14.8. The van der Waals surface area contributed by atoms with Crippen molar-refractivity contribution in [2.75, 3.05) is 17.6 Å². The summed E-state index contributed by atoms with van der Waals surface area (Å²) in [5.41, 5.74) is 5.37. The molecule has 0 aromatic carbocycles. The van der Waals surface area contributed by atoms with Gasteiger partial charge in [0.15, 0.2) is 5.82 Å². The first-order valence-electron chi connectivity index (χ1n) is 4.57. The second kappa shape index (κ2) is 4.23. The summed E-state index contributed by atoms with van der Waals surface area (Å²) < 4.78 is 0. The summed E-state index contributed by atoms with van der Waals surface area (Å²) in [4.78, 5) is 7.73. The van der Waals surface area contributed by atoms with Gasteiger partial charge >= 0.3 is 0 Å². The Bertz CT molecular complexity index is 301. The number of nitrogens with zero attached hydrogens (tertiary/aromatic N) is 2. The summed E-state index contributed by atoms with van der Waals surface area (Å²) in [6.45, 7) is 4.10. The molecule has 1 heterocycles. The van der Waals surface area contributed by atoms with E-state index < -0.39 is 5.60 Å². The number of aliphatic hydroxyl groups is 1. The van der Waals surface area contributed by atoms with E-state index in [1.54, 1.807) is 6.92 Å². The second-order valence-electron chi connectivity index (χ2n) is 3.53. The van der Waals surface area contributed by atoms with E-state index in [9.17, 15) is 5.11 Å². The van der Waals surface area contributed by atoms with Crippen molar-refractivity contribution in [2.24, 2.45) is 0 Å². The van der Waals surface area contributed by atoms with Crippen molar-refractivity contribution in [1.82, 2.24) is 9.97 Å². The predicted octanol–water partition coefficient (Wildman–Crippen LogP) is 0.632. The Kier molecular flexibility index (Phi) is 3.24. The SMILES string of the molecule is CCC(C)(O)CNc1ncncc1N. The summed E-state index contributed by atoms with van der Waals surface area (Å²) >= 11 is 0. The van der Waals surface area contributed by atoms with Gasteiger partial charge in [0.2, 0.25) is 0 Å². The van der Waals surface area contributed by atoms with E-state index >= 15 is 0 Å². The van der Waals surface area contributed by atoms with Crippen molar-refractivity contribution in [3.63, 3.8) is 0 Å². The Morgan fingerprint density at radius 1 is 1.64 bits per heavy atom. The van der Waals surface area contributed by atoms with Crippen molar-refractivity contribution in [3.05, 3.63) is 12.5 Å². The highest BCUT2D eigenvalue weighted by atomic mass is 16.3. The largest absolute Gasteiger partial charge is 0.394 e. The van der Waals surface area contributed by atoms with Gasteiger partial charge < -0.3 is 16.2 Å². The zero-order valence-corrected chi connectivity index (χ0v) is 8.49. The molecule has 78 valence electrons. The van der Waals surface area contributed by atoms with E-state index in [0.717, 1.165) is 0 Å². The third kappa shape index (κ3) is 2.85. The Hall–Kier alpha value is -1.36. The molecule has 1 atom stereocenters. The second-order valence-corrected chi connectivity index (χ2v) is 3.53. The molecule has 0 fully saturated rings. The van der Waals surface area contributed by atoms with Gasteiger partial charge in [-0.25, -0.2) is 9.97 Å². The van der Waals surface area contributed by atoms with Crippen molar-refractivity contribution < 1.29 is 5.11 Å². The zero-order valence-electron chi connectivity index (χ0n) is 8.49. The molecule has 0 spiro atoms. The lowest BCUT2D eigenvalue weighted by Gasteiger charge is -2.22. The van der Waals surface area contributed by atoms with Crippen LogP contribution < -0.4 is 11.1 Å². The van der Waals surface area contributed by atoms with Gasteiger partial charge in [0.25, 0.3) is 0 Å². The highest BCUT2D eigenvalue weighted by molar-refractivity contribution is 5.58. The number of anilines is 2. The lowest BCUT2D eigenvalue weighted by Crippen LogP contribution is -2.32. The number of rotatable bonds is 4. The van der Waals surface area contributed by atoms with Gasteiger partial charge in [0, 0.05) is 6.54 Å². The molecule has 0 saturated carbocycles. The summed E-state index contributed by atoms with van der Waals surface area (Å²) in [5.74, 6) is 0.564. The van der Waals surface area contributed by atoms with Gasteiger partial charge in [0.1, 0.15) is 6.33 Å². The summed E-state index contributed by atoms with van der Waals surface area (Å²) in [5, 5.41) is 12.7. The van der Waals surface area contributed by atoms with Crippen LogP contribution in [0.2, 0.25) is 0 Å². The van der Waals surface area contributed by atoms with Crippen LogP contribution in [-0.4, -0.2) is 27.2 Å². The molecule has 0 aliphatic carbocycles. The number of hydrogen-bond donors (Lipinski definition) is 3. The van der Waals surface area contributed by atoms with Crippen LogP contribution >= 0.6 is 0 Å². The molecular weight excluding hydrogens is 180 g/mol. The summed E-state index contributed by atoms with van der Waals surface area (Å²) in [6, 6.07) is 0. The topological polar surface area (TPSA) is 84.1 Å². The van der Waals surface area contributed by atoms with Gasteiger partial charge in [-0.1, -0.05) is 6.92 Å². The van der Waals surface area contributed by atoms with Gasteiger partial charge in [-0.15, -0.1) is 0 Å². The van der Waals surface area contributed by atoms with E-state index in [1.807, 2.05) is 6.92 Å². The van der Waals surface area contributed by atoms with Gasteiger partial charge in [0.05, 0.1) is 17.5 Å². The molecule has 1 rings (SSSR count). The molecule has 5 nitrogen and oxygen atoms in total. The maximum Gasteiger partial charge on any atom is 0.152 e. The van der Waals surface area contributed by atoms with E-state index in [1.165, 1.54) is 12.5 Å². The number of nitrogen functional groups attached to an aromatic ring is 1. The average Bonchev–Trinajstić information content (AvgIpc) is 2.17. The fraction of sp³-hybridized carbons (Fsp3) is 0.556. The molecule has 0 bridgehead atoms. The average molecular weight is 196 g/mol. The van der Waals surface area contributed by atoms with Crippen molar-refractivity contribution in [3.8, 4) is 0 Å². The smallest absolute Gasteiger partial charge is 0.152 e. The van der Waals surface area contributed by atoms with E-state index in [4.69, 9.17) is 5.73 Å². The van der Waals surface area contributed by atoms with Gasteiger partial charge in [-0.2, -0.15) is 0 Å². The van der Waals surface area contributed by atoms with Crippen LogP contribution in [0.25, 0.3) is 0 Å². The lowest BCUT2D eigenvalue weighted by atomic mass is 10.0. The molecule has 1 aromatic heterocycles. The highest BCUT2D eigenvalue weighted by Crippen LogP contribution is 2.14. The Labute approximate surface area is 83.4 Å². The van der Waals surface area contributed by atoms with Crippen LogP contribution in [0.1, 0.15) is 20.3 Å². The molecule has 0 aliphatic rings. The van der Waals surface area contributed by atoms with Gasteiger partial charge in [-0.05, 0) is 13.3 Å².